The summed E-state index contributed by atoms with van der Waals surface area (Å²) >= 11 is 1.69. The van der Waals surface area contributed by atoms with Crippen molar-refractivity contribution in [3.63, 3.8) is 0 Å². The van der Waals surface area contributed by atoms with Crippen LogP contribution in [0.15, 0.2) is 30.3 Å². The maximum absolute atomic E-state index is 5.91. The second-order valence-corrected chi connectivity index (χ2v) is 7.09. The molecule has 4 rings (SSSR count). The zero-order valence-corrected chi connectivity index (χ0v) is 13.9. The topological polar surface area (TPSA) is 47.5 Å². The molecule has 0 N–H and O–H groups in total. The molecule has 0 spiro atoms. The summed E-state index contributed by atoms with van der Waals surface area (Å²) in [5, 5.41) is 10.8. The predicted molar refractivity (Wildman–Crippen MR) is 90.1 cm³/mol. The Hall–Kier alpha value is -1.50. The fraction of sp³-hybridized carbons (Fsp3) is 0.529. The van der Waals surface area contributed by atoms with Crippen LogP contribution >= 0.6 is 11.3 Å². The van der Waals surface area contributed by atoms with Crippen molar-refractivity contribution in [2.45, 2.75) is 31.5 Å². The van der Waals surface area contributed by atoms with Crippen molar-refractivity contribution >= 4 is 16.5 Å². The van der Waals surface area contributed by atoms with Gasteiger partial charge in [0.15, 0.2) is 0 Å². The average molecular weight is 331 g/mol. The van der Waals surface area contributed by atoms with Crippen LogP contribution in [0.4, 0.5) is 5.13 Å². The van der Waals surface area contributed by atoms with Gasteiger partial charge in [-0.05, 0) is 18.4 Å². The van der Waals surface area contributed by atoms with Gasteiger partial charge >= 0.3 is 0 Å². The van der Waals surface area contributed by atoms with Crippen LogP contribution in [0.2, 0.25) is 0 Å². The lowest BCUT2D eigenvalue weighted by Crippen LogP contribution is -2.47. The molecule has 0 bridgehead atoms. The van der Waals surface area contributed by atoms with Gasteiger partial charge < -0.3 is 14.4 Å². The predicted octanol–water partition coefficient (Wildman–Crippen LogP) is 2.51. The third-order valence-corrected chi connectivity index (χ3v) is 5.38. The highest BCUT2D eigenvalue weighted by Gasteiger charge is 2.32. The molecule has 2 aliphatic rings. The number of morpholine rings is 1. The Labute approximate surface area is 140 Å². The summed E-state index contributed by atoms with van der Waals surface area (Å²) in [6, 6.07) is 10.4. The molecule has 23 heavy (non-hydrogen) atoms. The lowest BCUT2D eigenvalue weighted by Gasteiger charge is -2.34. The number of benzene rings is 1. The summed E-state index contributed by atoms with van der Waals surface area (Å²) in [5.41, 5.74) is 1.27. The number of aromatic nitrogens is 2. The molecule has 1 aromatic heterocycles. The number of nitrogens with zero attached hydrogens (tertiary/aromatic N) is 3. The fourth-order valence-electron chi connectivity index (χ4n) is 3.18. The minimum absolute atomic E-state index is 0.160. The molecular formula is C17H21N3O2S. The summed E-state index contributed by atoms with van der Waals surface area (Å²) in [4.78, 5) is 2.29. The van der Waals surface area contributed by atoms with E-state index in [1.54, 1.807) is 11.3 Å². The molecule has 0 amide bonds. The molecule has 0 aliphatic carbocycles. The van der Waals surface area contributed by atoms with Crippen LogP contribution in [0, 0.1) is 0 Å². The molecule has 2 fully saturated rings. The van der Waals surface area contributed by atoms with Gasteiger partial charge in [0.2, 0.25) is 5.13 Å². The minimum atomic E-state index is 0.160. The van der Waals surface area contributed by atoms with Crippen LogP contribution in [0.3, 0.4) is 0 Å². The molecule has 0 unspecified atom stereocenters. The largest absolute Gasteiger partial charge is 0.375 e. The lowest BCUT2D eigenvalue weighted by molar-refractivity contribution is -0.0543. The third kappa shape index (κ3) is 3.54. The van der Waals surface area contributed by atoms with Crippen LogP contribution in [-0.4, -0.2) is 48.7 Å². The van der Waals surface area contributed by atoms with E-state index in [4.69, 9.17) is 9.47 Å². The molecule has 0 saturated carbocycles. The first-order valence-corrected chi connectivity index (χ1v) is 9.04. The van der Waals surface area contributed by atoms with Gasteiger partial charge in [0, 0.05) is 26.1 Å². The molecule has 3 heterocycles. The molecule has 2 aromatic rings. The first-order chi connectivity index (χ1) is 11.4. The Morgan fingerprint density at radius 3 is 2.78 bits per heavy atom. The van der Waals surface area contributed by atoms with E-state index in [2.05, 4.69) is 39.4 Å². The van der Waals surface area contributed by atoms with Gasteiger partial charge in [-0.1, -0.05) is 41.7 Å². The van der Waals surface area contributed by atoms with Crippen molar-refractivity contribution < 1.29 is 9.47 Å². The van der Waals surface area contributed by atoms with E-state index in [0.717, 1.165) is 55.7 Å². The maximum Gasteiger partial charge on any atom is 0.208 e. The first kappa shape index (κ1) is 15.1. The van der Waals surface area contributed by atoms with E-state index < -0.39 is 0 Å². The van der Waals surface area contributed by atoms with Crippen molar-refractivity contribution in [2.24, 2.45) is 0 Å². The molecule has 0 radical (unpaired) electrons. The maximum atomic E-state index is 5.91. The van der Waals surface area contributed by atoms with Crippen LogP contribution in [0.25, 0.3) is 0 Å². The molecule has 1 aromatic carbocycles. The summed E-state index contributed by atoms with van der Waals surface area (Å²) in [5.74, 6) is 0. The molecule has 122 valence electrons. The number of ether oxygens (including phenoxy) is 2. The normalized spacial score (nSPS) is 25.0. The Balaban J connectivity index is 1.41. The number of hydrogen-bond donors (Lipinski definition) is 0. The van der Waals surface area contributed by atoms with E-state index >= 15 is 0 Å². The number of anilines is 1. The molecule has 2 atom stereocenters. The Morgan fingerprint density at radius 2 is 1.96 bits per heavy atom. The summed E-state index contributed by atoms with van der Waals surface area (Å²) in [6.07, 6.45) is 3.50. The van der Waals surface area contributed by atoms with Crippen molar-refractivity contribution in [1.29, 1.82) is 0 Å². The molecular weight excluding hydrogens is 310 g/mol. The van der Waals surface area contributed by atoms with Crippen molar-refractivity contribution in [3.8, 4) is 0 Å². The minimum Gasteiger partial charge on any atom is -0.375 e. The average Bonchev–Trinajstić information content (AvgIpc) is 3.28. The zero-order chi connectivity index (χ0) is 15.5. The summed E-state index contributed by atoms with van der Waals surface area (Å²) < 4.78 is 11.7. The molecule has 6 heteroatoms. The van der Waals surface area contributed by atoms with Crippen LogP contribution in [0.5, 0.6) is 0 Å². The van der Waals surface area contributed by atoms with Gasteiger partial charge in [0.05, 0.1) is 12.7 Å². The first-order valence-electron chi connectivity index (χ1n) is 8.23. The van der Waals surface area contributed by atoms with E-state index in [1.165, 1.54) is 5.56 Å². The molecule has 5 nitrogen and oxygen atoms in total. The van der Waals surface area contributed by atoms with E-state index in [0.29, 0.717) is 0 Å². The van der Waals surface area contributed by atoms with Crippen molar-refractivity contribution in [2.75, 3.05) is 31.2 Å². The van der Waals surface area contributed by atoms with E-state index in [9.17, 15) is 0 Å². The second kappa shape index (κ2) is 6.95. The van der Waals surface area contributed by atoms with Crippen LogP contribution in [0.1, 0.15) is 23.4 Å². The van der Waals surface area contributed by atoms with Gasteiger partial charge in [-0.3, -0.25) is 0 Å². The standard InChI is InChI=1S/C17H21N3O2S/c1-2-5-13(6-3-1)11-16-18-19-17(23-16)20-8-10-22-15(12-20)14-7-4-9-21-14/h1-3,5-6,14-15H,4,7-12H2/t14-,15-/m1/s1. The van der Waals surface area contributed by atoms with Gasteiger partial charge in [0.1, 0.15) is 11.1 Å². The van der Waals surface area contributed by atoms with Crippen molar-refractivity contribution in [1.82, 2.24) is 10.2 Å². The van der Waals surface area contributed by atoms with Crippen LogP contribution in [-0.2, 0) is 15.9 Å². The SMILES string of the molecule is c1ccc(Cc2nnc(N3CCO[C@@H]([C@H]4CCCO4)C3)s2)cc1. The molecule has 2 saturated heterocycles. The Morgan fingerprint density at radius 1 is 1.09 bits per heavy atom. The quantitative estimate of drug-likeness (QED) is 0.861. The van der Waals surface area contributed by atoms with Gasteiger partial charge in [-0.25, -0.2) is 0 Å². The van der Waals surface area contributed by atoms with E-state index in [-0.39, 0.29) is 12.2 Å². The lowest BCUT2D eigenvalue weighted by atomic mass is 10.1. The second-order valence-electron chi connectivity index (χ2n) is 6.05. The van der Waals surface area contributed by atoms with E-state index in [1.807, 2.05) is 6.07 Å². The van der Waals surface area contributed by atoms with Gasteiger partial charge in [-0.2, -0.15) is 0 Å². The van der Waals surface area contributed by atoms with Crippen molar-refractivity contribution in [3.05, 3.63) is 40.9 Å². The number of rotatable bonds is 4. The monoisotopic (exact) mass is 331 g/mol. The Bertz CT molecular complexity index is 628. The number of hydrogen-bond acceptors (Lipinski definition) is 6. The molecule has 2 aliphatic heterocycles. The summed E-state index contributed by atoms with van der Waals surface area (Å²) in [6.45, 7) is 3.33. The third-order valence-electron chi connectivity index (χ3n) is 4.40. The Kier molecular flexibility index (Phi) is 4.55. The van der Waals surface area contributed by atoms with Gasteiger partial charge in [0.25, 0.3) is 0 Å². The zero-order valence-electron chi connectivity index (χ0n) is 13.1. The highest BCUT2D eigenvalue weighted by Crippen LogP contribution is 2.27. The summed E-state index contributed by atoms with van der Waals surface area (Å²) in [7, 11) is 0. The fourth-order valence-corrected chi connectivity index (χ4v) is 4.09. The van der Waals surface area contributed by atoms with Crippen LogP contribution < -0.4 is 4.90 Å². The highest BCUT2D eigenvalue weighted by molar-refractivity contribution is 7.15. The smallest absolute Gasteiger partial charge is 0.208 e. The van der Waals surface area contributed by atoms with Gasteiger partial charge in [-0.15, -0.1) is 10.2 Å². The highest BCUT2D eigenvalue weighted by atomic mass is 32.1.